The van der Waals surface area contributed by atoms with Gasteiger partial charge in [0.2, 0.25) is 5.95 Å². The molecule has 0 spiro atoms. The highest BCUT2D eigenvalue weighted by Crippen LogP contribution is 2.32. The Hall–Kier alpha value is -2.17. The Morgan fingerprint density at radius 3 is 3.00 bits per heavy atom. The molecule has 0 atom stereocenters. The van der Waals surface area contributed by atoms with Crippen molar-refractivity contribution in [2.75, 3.05) is 11.9 Å². The van der Waals surface area contributed by atoms with Crippen molar-refractivity contribution in [1.29, 1.82) is 0 Å². The number of anilines is 1. The van der Waals surface area contributed by atoms with Crippen LogP contribution in [0, 0.1) is 5.92 Å². The first-order chi connectivity index (χ1) is 9.24. The monoisotopic (exact) mass is 257 g/mol. The second-order valence-electron chi connectivity index (χ2n) is 4.90. The molecule has 0 aliphatic heterocycles. The Morgan fingerprint density at radius 1 is 1.42 bits per heavy atom. The van der Waals surface area contributed by atoms with Crippen molar-refractivity contribution < 1.29 is 9.90 Å². The van der Waals surface area contributed by atoms with Crippen LogP contribution in [-0.4, -0.2) is 27.6 Å². The average molecular weight is 257 g/mol. The van der Waals surface area contributed by atoms with Gasteiger partial charge in [0.25, 0.3) is 0 Å². The second-order valence-corrected chi connectivity index (χ2v) is 4.90. The van der Waals surface area contributed by atoms with Gasteiger partial charge in [-0.2, -0.15) is 0 Å². The van der Waals surface area contributed by atoms with E-state index in [9.17, 15) is 4.79 Å². The van der Waals surface area contributed by atoms with Gasteiger partial charge >= 0.3 is 5.97 Å². The summed E-state index contributed by atoms with van der Waals surface area (Å²) in [6.45, 7) is 0.870. The lowest BCUT2D eigenvalue weighted by Gasteiger charge is -2.06. The minimum Gasteiger partial charge on any atom is -0.478 e. The predicted octanol–water partition coefficient (Wildman–Crippen LogP) is 2.54. The molecule has 2 N–H and O–H groups in total. The van der Waals surface area contributed by atoms with Crippen molar-refractivity contribution in [2.45, 2.75) is 19.3 Å². The van der Waals surface area contributed by atoms with Gasteiger partial charge in [-0.3, -0.25) is 0 Å². The van der Waals surface area contributed by atoms with Crippen LogP contribution in [0.1, 0.15) is 29.6 Å². The number of carbonyl (C=O) groups is 1. The van der Waals surface area contributed by atoms with E-state index in [0.29, 0.717) is 16.9 Å². The van der Waals surface area contributed by atoms with Gasteiger partial charge in [-0.15, -0.1) is 0 Å². The topological polar surface area (TPSA) is 75.1 Å². The van der Waals surface area contributed by atoms with E-state index in [-0.39, 0.29) is 5.56 Å². The molecule has 0 saturated heterocycles. The largest absolute Gasteiger partial charge is 0.478 e. The summed E-state index contributed by atoms with van der Waals surface area (Å²) in [5.41, 5.74) is 0.894. The first kappa shape index (κ1) is 11.9. The van der Waals surface area contributed by atoms with Crippen molar-refractivity contribution in [3.63, 3.8) is 0 Å². The number of fused-ring (bicyclic) bond motifs is 1. The number of aromatic nitrogens is 2. The first-order valence-electron chi connectivity index (χ1n) is 6.47. The van der Waals surface area contributed by atoms with Gasteiger partial charge in [-0.05, 0) is 24.5 Å². The van der Waals surface area contributed by atoms with E-state index < -0.39 is 5.97 Å². The fourth-order valence-electron chi connectivity index (χ4n) is 2.12. The van der Waals surface area contributed by atoms with E-state index in [0.717, 1.165) is 18.9 Å². The number of hydrogen-bond acceptors (Lipinski definition) is 4. The SMILES string of the molecule is O=C(O)c1cccc2nc(NCCC3CC3)ncc12. The van der Waals surface area contributed by atoms with Crippen LogP contribution in [0.4, 0.5) is 5.95 Å². The lowest BCUT2D eigenvalue weighted by Crippen LogP contribution is -2.06. The molecule has 1 aromatic carbocycles. The number of nitrogens with one attached hydrogen (secondary N) is 1. The summed E-state index contributed by atoms with van der Waals surface area (Å²) in [5.74, 6) is 0.478. The third kappa shape index (κ3) is 2.65. The second kappa shape index (κ2) is 4.84. The van der Waals surface area contributed by atoms with E-state index in [1.54, 1.807) is 24.4 Å². The van der Waals surface area contributed by atoms with Crippen LogP contribution >= 0.6 is 0 Å². The average Bonchev–Trinajstić information content (AvgIpc) is 3.22. The number of rotatable bonds is 5. The molecule has 0 amide bonds. The van der Waals surface area contributed by atoms with Crippen LogP contribution in [-0.2, 0) is 0 Å². The molecule has 1 fully saturated rings. The van der Waals surface area contributed by atoms with E-state index in [2.05, 4.69) is 15.3 Å². The van der Waals surface area contributed by atoms with E-state index in [4.69, 9.17) is 5.11 Å². The molecule has 98 valence electrons. The Bertz CT molecular complexity index is 623. The van der Waals surface area contributed by atoms with Crippen LogP contribution in [0.15, 0.2) is 24.4 Å². The van der Waals surface area contributed by atoms with Crippen molar-refractivity contribution in [3.05, 3.63) is 30.0 Å². The standard InChI is InChI=1S/C14H15N3O2/c18-13(19)10-2-1-3-12-11(10)8-16-14(17-12)15-7-6-9-4-5-9/h1-3,8-9H,4-7H2,(H,18,19)(H,15,16,17). The third-order valence-corrected chi connectivity index (χ3v) is 3.39. The maximum Gasteiger partial charge on any atom is 0.336 e. The minimum absolute atomic E-state index is 0.238. The lowest BCUT2D eigenvalue weighted by atomic mass is 10.1. The molecule has 1 aliphatic rings. The highest BCUT2D eigenvalue weighted by molar-refractivity contribution is 6.02. The molecule has 1 aromatic heterocycles. The van der Waals surface area contributed by atoms with E-state index >= 15 is 0 Å². The zero-order chi connectivity index (χ0) is 13.2. The minimum atomic E-state index is -0.955. The molecule has 1 heterocycles. The van der Waals surface area contributed by atoms with Gasteiger partial charge in [0.15, 0.2) is 0 Å². The number of carboxylic acids is 1. The first-order valence-corrected chi connectivity index (χ1v) is 6.47. The maximum atomic E-state index is 11.1. The smallest absolute Gasteiger partial charge is 0.336 e. The van der Waals surface area contributed by atoms with Gasteiger partial charge in [0, 0.05) is 18.1 Å². The zero-order valence-corrected chi connectivity index (χ0v) is 10.5. The summed E-state index contributed by atoms with van der Waals surface area (Å²) >= 11 is 0. The molecule has 0 bridgehead atoms. The summed E-state index contributed by atoms with van der Waals surface area (Å²) in [6.07, 6.45) is 5.40. The predicted molar refractivity (Wildman–Crippen MR) is 72.3 cm³/mol. The molecule has 1 saturated carbocycles. The molecule has 0 radical (unpaired) electrons. The Morgan fingerprint density at radius 2 is 2.26 bits per heavy atom. The quantitative estimate of drug-likeness (QED) is 0.860. The highest BCUT2D eigenvalue weighted by atomic mass is 16.4. The Kier molecular flexibility index (Phi) is 3.03. The summed E-state index contributed by atoms with van der Waals surface area (Å²) < 4.78 is 0. The number of nitrogens with zero attached hydrogens (tertiary/aromatic N) is 2. The fraction of sp³-hybridized carbons (Fsp3) is 0.357. The van der Waals surface area contributed by atoms with Gasteiger partial charge in [0.05, 0.1) is 11.1 Å². The molecular formula is C14H15N3O2. The molecule has 0 unspecified atom stereocenters. The van der Waals surface area contributed by atoms with Gasteiger partial charge in [0.1, 0.15) is 0 Å². The van der Waals surface area contributed by atoms with Crippen molar-refractivity contribution >= 4 is 22.8 Å². The van der Waals surface area contributed by atoms with Gasteiger partial charge in [-0.25, -0.2) is 14.8 Å². The van der Waals surface area contributed by atoms with Gasteiger partial charge < -0.3 is 10.4 Å². The van der Waals surface area contributed by atoms with E-state index in [1.165, 1.54) is 12.8 Å². The Balaban J connectivity index is 1.81. The number of benzene rings is 1. The molecule has 1 aliphatic carbocycles. The molecule has 3 rings (SSSR count). The molecule has 5 heteroatoms. The molecule has 2 aromatic rings. The normalized spacial score (nSPS) is 14.5. The van der Waals surface area contributed by atoms with Crippen molar-refractivity contribution in [2.24, 2.45) is 5.92 Å². The highest BCUT2D eigenvalue weighted by Gasteiger charge is 2.20. The summed E-state index contributed by atoms with van der Waals surface area (Å²) in [4.78, 5) is 19.6. The fourth-order valence-corrected chi connectivity index (χ4v) is 2.12. The number of carboxylic acid groups (broad SMARTS) is 1. The summed E-state index contributed by atoms with van der Waals surface area (Å²) in [7, 11) is 0. The van der Waals surface area contributed by atoms with Gasteiger partial charge in [-0.1, -0.05) is 18.9 Å². The summed E-state index contributed by atoms with van der Waals surface area (Å²) in [5, 5.41) is 12.8. The zero-order valence-electron chi connectivity index (χ0n) is 10.5. The number of aromatic carboxylic acids is 1. The molecule has 19 heavy (non-hydrogen) atoms. The lowest BCUT2D eigenvalue weighted by molar-refractivity contribution is 0.0699. The van der Waals surface area contributed by atoms with Crippen LogP contribution in [0.2, 0.25) is 0 Å². The van der Waals surface area contributed by atoms with Crippen LogP contribution in [0.3, 0.4) is 0 Å². The maximum absolute atomic E-state index is 11.1. The van der Waals surface area contributed by atoms with Crippen molar-refractivity contribution in [3.8, 4) is 0 Å². The number of hydrogen-bond donors (Lipinski definition) is 2. The molecular weight excluding hydrogens is 242 g/mol. The van der Waals surface area contributed by atoms with Crippen LogP contribution < -0.4 is 5.32 Å². The van der Waals surface area contributed by atoms with E-state index in [1.807, 2.05) is 0 Å². The molecule has 5 nitrogen and oxygen atoms in total. The summed E-state index contributed by atoms with van der Waals surface area (Å²) in [6, 6.07) is 5.07. The van der Waals surface area contributed by atoms with Crippen LogP contribution in [0.5, 0.6) is 0 Å². The van der Waals surface area contributed by atoms with Crippen LogP contribution in [0.25, 0.3) is 10.9 Å². The van der Waals surface area contributed by atoms with Crippen molar-refractivity contribution in [1.82, 2.24) is 9.97 Å². The third-order valence-electron chi connectivity index (χ3n) is 3.39. The Labute approximate surface area is 110 Å².